The Balaban J connectivity index is 1.81. The molecule has 3 aromatic rings. The number of amides is 1. The average molecular weight is 533 g/mol. The summed E-state index contributed by atoms with van der Waals surface area (Å²) >= 11 is 5.84. The molecule has 1 amide bonds. The number of alkyl halides is 3. The van der Waals surface area contributed by atoms with Crippen LogP contribution in [0.15, 0.2) is 35.1 Å². The van der Waals surface area contributed by atoms with Crippen molar-refractivity contribution in [2.75, 3.05) is 11.9 Å². The molecule has 1 aliphatic carbocycles. The minimum absolute atomic E-state index is 0.239. The van der Waals surface area contributed by atoms with E-state index in [-0.39, 0.29) is 5.02 Å². The summed E-state index contributed by atoms with van der Waals surface area (Å²) in [4.78, 5) is 37.0. The number of nitrogens with one attached hydrogen (secondary N) is 1. The van der Waals surface area contributed by atoms with Gasteiger partial charge >= 0.3 is 17.8 Å². The monoisotopic (exact) mass is 532 g/mol. The Bertz CT molecular complexity index is 1410. The van der Waals surface area contributed by atoms with Crippen molar-refractivity contribution in [2.45, 2.75) is 25.1 Å². The van der Waals surface area contributed by atoms with Gasteiger partial charge in [-0.15, -0.1) is 5.10 Å². The molecule has 0 radical (unpaired) electrons. The van der Waals surface area contributed by atoms with Gasteiger partial charge in [-0.1, -0.05) is 17.7 Å². The van der Waals surface area contributed by atoms with Crippen molar-refractivity contribution in [2.24, 2.45) is 0 Å². The zero-order chi connectivity index (χ0) is 26.4. The summed E-state index contributed by atoms with van der Waals surface area (Å²) in [5.74, 6) is -6.67. The van der Waals surface area contributed by atoms with E-state index in [4.69, 9.17) is 11.6 Å². The molecule has 36 heavy (non-hydrogen) atoms. The Hall–Kier alpha value is -3.94. The standard InChI is InChI=1S/C21H14ClF5N4O5/c22-11-2-1-3-12(23)16(11)28-18(32)10-6-13(24)14(7-15(10)36-8-21(25,26)27)31-20(35)30(9-4-5-9)17(29-31)19(33)34/h1-3,6-7,9H,4-5,8H2,(H,28,32)(H,33,34). The van der Waals surface area contributed by atoms with E-state index < -0.39 is 76.5 Å². The number of benzene rings is 2. The Kier molecular flexibility index (Phi) is 6.47. The number of carbonyl (C=O) groups excluding carboxylic acids is 1. The number of ether oxygens (including phenoxy) is 1. The summed E-state index contributed by atoms with van der Waals surface area (Å²) in [7, 11) is 0. The number of carbonyl (C=O) groups is 2. The predicted molar refractivity (Wildman–Crippen MR) is 114 cm³/mol. The van der Waals surface area contributed by atoms with E-state index in [1.165, 1.54) is 12.1 Å². The minimum Gasteiger partial charge on any atom is -0.483 e. The topological polar surface area (TPSA) is 115 Å². The number of aromatic nitrogens is 3. The molecular weight excluding hydrogens is 519 g/mol. The summed E-state index contributed by atoms with van der Waals surface area (Å²) in [6.45, 7) is -1.90. The van der Waals surface area contributed by atoms with E-state index in [0.717, 1.165) is 10.6 Å². The quantitative estimate of drug-likeness (QED) is 0.441. The number of aromatic carboxylic acids is 1. The Labute approximate surface area is 202 Å². The lowest BCUT2D eigenvalue weighted by Gasteiger charge is -2.15. The SMILES string of the molecule is O=C(Nc1c(F)cccc1Cl)c1cc(F)c(-n2nc(C(=O)O)n(C3CC3)c2=O)cc1OCC(F)(F)F. The normalized spacial score (nSPS) is 13.5. The van der Waals surface area contributed by atoms with E-state index in [1.807, 2.05) is 5.32 Å². The molecule has 4 rings (SSSR count). The predicted octanol–water partition coefficient (Wildman–Crippen LogP) is 4.19. The van der Waals surface area contributed by atoms with E-state index in [1.54, 1.807) is 0 Å². The van der Waals surface area contributed by atoms with Gasteiger partial charge in [0, 0.05) is 12.1 Å². The van der Waals surface area contributed by atoms with Crippen LogP contribution in [0.3, 0.4) is 0 Å². The Morgan fingerprint density at radius 3 is 2.47 bits per heavy atom. The summed E-state index contributed by atoms with van der Waals surface area (Å²) in [6, 6.07) is 3.99. The summed E-state index contributed by atoms with van der Waals surface area (Å²) in [5, 5.41) is 14.8. The fraction of sp³-hybridized carbons (Fsp3) is 0.238. The van der Waals surface area contributed by atoms with Crippen molar-refractivity contribution in [3.63, 3.8) is 0 Å². The molecule has 0 unspecified atom stereocenters. The van der Waals surface area contributed by atoms with E-state index >= 15 is 4.39 Å². The molecule has 0 aliphatic heterocycles. The van der Waals surface area contributed by atoms with Crippen LogP contribution < -0.4 is 15.7 Å². The Morgan fingerprint density at radius 2 is 1.89 bits per heavy atom. The van der Waals surface area contributed by atoms with Gasteiger partial charge in [-0.25, -0.2) is 18.4 Å². The number of anilines is 1. The smallest absolute Gasteiger partial charge is 0.422 e. The van der Waals surface area contributed by atoms with Crippen molar-refractivity contribution >= 4 is 29.2 Å². The highest BCUT2D eigenvalue weighted by Gasteiger charge is 2.34. The van der Waals surface area contributed by atoms with Gasteiger partial charge in [0.25, 0.3) is 5.91 Å². The highest BCUT2D eigenvalue weighted by atomic mass is 35.5. The molecule has 0 bridgehead atoms. The number of carboxylic acid groups (broad SMARTS) is 1. The molecule has 15 heteroatoms. The summed E-state index contributed by atoms with van der Waals surface area (Å²) in [6.07, 6.45) is -3.91. The first kappa shape index (κ1) is 25.2. The van der Waals surface area contributed by atoms with Crippen LogP contribution in [-0.2, 0) is 0 Å². The molecule has 1 aliphatic rings. The lowest BCUT2D eigenvalue weighted by atomic mass is 10.1. The molecule has 1 heterocycles. The van der Waals surface area contributed by atoms with Crippen LogP contribution in [0.2, 0.25) is 5.02 Å². The van der Waals surface area contributed by atoms with Gasteiger partial charge in [-0.2, -0.15) is 17.9 Å². The molecule has 0 spiro atoms. The second-order valence-electron chi connectivity index (χ2n) is 7.68. The number of hydrogen-bond acceptors (Lipinski definition) is 5. The lowest BCUT2D eigenvalue weighted by molar-refractivity contribution is -0.153. The van der Waals surface area contributed by atoms with E-state index in [2.05, 4.69) is 9.84 Å². The van der Waals surface area contributed by atoms with Gasteiger partial charge in [0.2, 0.25) is 5.82 Å². The fourth-order valence-electron chi connectivity index (χ4n) is 3.30. The summed E-state index contributed by atoms with van der Waals surface area (Å²) < 4.78 is 73.5. The highest BCUT2D eigenvalue weighted by Crippen LogP contribution is 2.35. The lowest BCUT2D eigenvalue weighted by Crippen LogP contribution is -2.26. The van der Waals surface area contributed by atoms with Gasteiger partial charge in [0.15, 0.2) is 6.61 Å². The maximum atomic E-state index is 15.1. The third-order valence-electron chi connectivity index (χ3n) is 5.03. The fourth-order valence-corrected chi connectivity index (χ4v) is 3.51. The molecule has 2 aromatic carbocycles. The largest absolute Gasteiger partial charge is 0.483 e. The van der Waals surface area contributed by atoms with Crippen molar-refractivity contribution in [1.29, 1.82) is 0 Å². The first-order valence-corrected chi connectivity index (χ1v) is 10.5. The van der Waals surface area contributed by atoms with Crippen LogP contribution in [0.5, 0.6) is 5.75 Å². The third kappa shape index (κ3) is 5.03. The molecular formula is C21H14ClF5N4O5. The number of carboxylic acids is 1. The third-order valence-corrected chi connectivity index (χ3v) is 5.34. The number of hydrogen-bond donors (Lipinski definition) is 2. The zero-order valence-electron chi connectivity index (χ0n) is 17.8. The first-order chi connectivity index (χ1) is 16.9. The molecule has 9 nitrogen and oxygen atoms in total. The molecule has 2 N–H and O–H groups in total. The maximum absolute atomic E-state index is 15.1. The maximum Gasteiger partial charge on any atom is 0.422 e. The number of nitrogens with zero attached hydrogens (tertiary/aromatic N) is 3. The second-order valence-corrected chi connectivity index (χ2v) is 8.09. The first-order valence-electron chi connectivity index (χ1n) is 10.1. The van der Waals surface area contributed by atoms with Crippen molar-refractivity contribution in [1.82, 2.24) is 14.3 Å². The van der Waals surface area contributed by atoms with Gasteiger partial charge in [-0.05, 0) is 31.0 Å². The average Bonchev–Trinajstić information content (AvgIpc) is 3.56. The molecule has 0 saturated heterocycles. The van der Waals surface area contributed by atoms with Crippen LogP contribution in [0.1, 0.15) is 39.9 Å². The van der Waals surface area contributed by atoms with Gasteiger partial charge in [0.05, 0.1) is 16.3 Å². The van der Waals surface area contributed by atoms with Crippen molar-refractivity contribution in [3.05, 3.63) is 68.9 Å². The second kappa shape index (κ2) is 9.26. The highest BCUT2D eigenvalue weighted by molar-refractivity contribution is 6.34. The van der Waals surface area contributed by atoms with Crippen molar-refractivity contribution in [3.8, 4) is 11.4 Å². The van der Waals surface area contributed by atoms with Gasteiger partial charge in [-0.3, -0.25) is 9.36 Å². The van der Waals surface area contributed by atoms with Gasteiger partial charge < -0.3 is 15.2 Å². The summed E-state index contributed by atoms with van der Waals surface area (Å²) in [5.41, 5.74) is -3.11. The van der Waals surface area contributed by atoms with Crippen LogP contribution in [0, 0.1) is 11.6 Å². The Morgan fingerprint density at radius 1 is 1.19 bits per heavy atom. The minimum atomic E-state index is -4.86. The van der Waals surface area contributed by atoms with E-state index in [0.29, 0.717) is 29.7 Å². The number of rotatable bonds is 7. The van der Waals surface area contributed by atoms with Crippen LogP contribution in [0.4, 0.5) is 27.6 Å². The molecule has 1 saturated carbocycles. The molecule has 190 valence electrons. The molecule has 0 atom stereocenters. The number of halogens is 6. The van der Waals surface area contributed by atoms with Crippen LogP contribution in [-0.4, -0.2) is 44.1 Å². The van der Waals surface area contributed by atoms with Gasteiger partial charge in [0.1, 0.15) is 23.1 Å². The van der Waals surface area contributed by atoms with Crippen LogP contribution >= 0.6 is 11.6 Å². The number of para-hydroxylation sites is 1. The molecule has 1 fully saturated rings. The van der Waals surface area contributed by atoms with Crippen molar-refractivity contribution < 1.29 is 41.4 Å². The zero-order valence-corrected chi connectivity index (χ0v) is 18.5. The molecule has 1 aromatic heterocycles. The van der Waals surface area contributed by atoms with Crippen LogP contribution in [0.25, 0.3) is 5.69 Å². The van der Waals surface area contributed by atoms with E-state index in [9.17, 15) is 37.1 Å².